The van der Waals surface area contributed by atoms with Crippen molar-refractivity contribution in [3.05, 3.63) is 53.6 Å². The Bertz CT molecular complexity index is 1520. The third-order valence-electron chi connectivity index (χ3n) is 7.48. The quantitative estimate of drug-likeness (QED) is 0.293. The summed E-state index contributed by atoms with van der Waals surface area (Å²) in [4.78, 5) is 18.5. The molecule has 2 aliphatic rings. The lowest BCUT2D eigenvalue weighted by Crippen LogP contribution is -2.35. The lowest BCUT2D eigenvalue weighted by atomic mass is 10.1. The maximum Gasteiger partial charge on any atom is 0.225 e. The number of fused-ring (bicyclic) bond motifs is 2. The van der Waals surface area contributed by atoms with Gasteiger partial charge in [-0.15, -0.1) is 0 Å². The normalized spacial score (nSPS) is 23.4. The van der Waals surface area contributed by atoms with Crippen molar-refractivity contribution in [1.29, 1.82) is 0 Å². The van der Waals surface area contributed by atoms with Crippen molar-refractivity contribution < 1.29 is 23.7 Å². The topological polar surface area (TPSA) is 137 Å². The van der Waals surface area contributed by atoms with Gasteiger partial charge in [-0.05, 0) is 52.3 Å². The highest BCUT2D eigenvalue weighted by atomic mass is 16.8. The Morgan fingerprint density at radius 1 is 1.07 bits per heavy atom. The number of rotatable bonds is 8. The van der Waals surface area contributed by atoms with Crippen LogP contribution in [-0.2, 0) is 16.0 Å². The predicted molar refractivity (Wildman–Crippen MR) is 149 cm³/mol. The van der Waals surface area contributed by atoms with Crippen molar-refractivity contribution in [2.24, 2.45) is 5.92 Å². The molecule has 0 unspecified atom stereocenters. The smallest absolute Gasteiger partial charge is 0.225 e. The molecule has 6 rings (SSSR count). The van der Waals surface area contributed by atoms with Gasteiger partial charge in [0.25, 0.3) is 0 Å². The molecule has 0 amide bonds. The molecule has 0 spiro atoms. The van der Waals surface area contributed by atoms with Gasteiger partial charge in [0.1, 0.15) is 17.7 Å². The van der Waals surface area contributed by atoms with Crippen LogP contribution in [0.5, 0.6) is 5.88 Å². The first-order chi connectivity index (χ1) is 19.2. The first kappa shape index (κ1) is 26.4. The number of anilines is 2. The highest BCUT2D eigenvalue weighted by Gasteiger charge is 2.54. The standard InChI is InChI=1S/C29H34N6O5/c1-15-23(21-11-17-12-22(37-5)32-16(2)24(17)38-21)27(35-28(33-15)31-13-19-8-6-7-9-30-19)34-20-10-18(14-36)25-26(20)40-29(3,4)39-25/h6-9,11-12,18,20,25-26,36H,10,13-14H2,1-5H3,(H2,31,33,34,35)/t18-,20-,25-,26+/m1/s1. The number of methoxy groups -OCH3 is 1. The Balaban J connectivity index is 1.39. The van der Waals surface area contributed by atoms with E-state index in [1.54, 1.807) is 13.3 Å². The number of aliphatic hydroxyl groups excluding tert-OH is 1. The predicted octanol–water partition coefficient (Wildman–Crippen LogP) is 4.23. The zero-order chi connectivity index (χ0) is 28.0. The van der Waals surface area contributed by atoms with Gasteiger partial charge >= 0.3 is 0 Å². The minimum atomic E-state index is -0.731. The Kier molecular flexibility index (Phi) is 6.81. The summed E-state index contributed by atoms with van der Waals surface area (Å²) in [5, 5.41) is 17.9. The highest BCUT2D eigenvalue weighted by Crippen LogP contribution is 2.44. The van der Waals surface area contributed by atoms with Gasteiger partial charge in [-0.1, -0.05) is 6.07 Å². The molecule has 11 nitrogen and oxygen atoms in total. The van der Waals surface area contributed by atoms with E-state index in [4.69, 9.17) is 28.6 Å². The van der Waals surface area contributed by atoms with Crippen molar-refractivity contribution in [3.63, 3.8) is 0 Å². The summed E-state index contributed by atoms with van der Waals surface area (Å²) in [5.41, 5.74) is 3.74. The Labute approximate surface area is 232 Å². The molecule has 4 atom stereocenters. The van der Waals surface area contributed by atoms with Crippen molar-refractivity contribution >= 4 is 22.7 Å². The van der Waals surface area contributed by atoms with Gasteiger partial charge in [-0.2, -0.15) is 4.98 Å². The SMILES string of the molecule is COc1cc2cc(-c3c(C)nc(NCc4ccccn4)nc3N[C@@H]3C[C@H](CO)[C@H]4OC(C)(C)O[C@H]43)oc2c(C)n1. The van der Waals surface area contributed by atoms with Crippen LogP contribution in [0.4, 0.5) is 11.8 Å². The average molecular weight is 547 g/mol. The summed E-state index contributed by atoms with van der Waals surface area (Å²) in [6, 6.07) is 9.43. The third kappa shape index (κ3) is 4.96. The van der Waals surface area contributed by atoms with Crippen LogP contribution in [-0.4, -0.2) is 62.8 Å². The van der Waals surface area contributed by atoms with E-state index in [0.29, 0.717) is 42.0 Å². The van der Waals surface area contributed by atoms with Crippen LogP contribution in [0.1, 0.15) is 37.4 Å². The first-order valence-electron chi connectivity index (χ1n) is 13.5. The van der Waals surface area contributed by atoms with Crippen molar-refractivity contribution in [1.82, 2.24) is 19.9 Å². The van der Waals surface area contributed by atoms with Crippen LogP contribution in [0, 0.1) is 19.8 Å². The van der Waals surface area contributed by atoms with Crippen molar-refractivity contribution in [3.8, 4) is 17.2 Å². The molecule has 0 radical (unpaired) electrons. The average Bonchev–Trinajstić information content (AvgIpc) is 3.59. The second-order valence-corrected chi connectivity index (χ2v) is 10.8. The van der Waals surface area contributed by atoms with Crippen LogP contribution >= 0.6 is 0 Å². The van der Waals surface area contributed by atoms with Crippen LogP contribution < -0.4 is 15.4 Å². The Morgan fingerprint density at radius 3 is 2.65 bits per heavy atom. The van der Waals surface area contributed by atoms with Gasteiger partial charge in [0.05, 0.1) is 48.4 Å². The van der Waals surface area contributed by atoms with E-state index in [1.807, 2.05) is 58.0 Å². The molecule has 0 aromatic carbocycles. The number of aryl methyl sites for hydroxylation is 2. The number of ether oxygens (including phenoxy) is 3. The van der Waals surface area contributed by atoms with Gasteiger partial charge in [0.15, 0.2) is 11.4 Å². The number of nitrogens with zero attached hydrogens (tertiary/aromatic N) is 4. The summed E-state index contributed by atoms with van der Waals surface area (Å²) in [6.45, 7) is 8.10. The van der Waals surface area contributed by atoms with Crippen LogP contribution in [0.25, 0.3) is 22.3 Å². The fraction of sp³-hybridized carbons (Fsp3) is 0.448. The second-order valence-electron chi connectivity index (χ2n) is 10.8. The van der Waals surface area contributed by atoms with E-state index < -0.39 is 5.79 Å². The summed E-state index contributed by atoms with van der Waals surface area (Å²) in [7, 11) is 1.59. The minimum absolute atomic E-state index is 0.0169. The van der Waals surface area contributed by atoms with E-state index in [9.17, 15) is 5.11 Å². The molecule has 1 aliphatic heterocycles. The molecule has 1 aliphatic carbocycles. The molecule has 40 heavy (non-hydrogen) atoms. The van der Waals surface area contributed by atoms with Crippen molar-refractivity contribution in [2.75, 3.05) is 24.4 Å². The second kappa shape index (κ2) is 10.3. The summed E-state index contributed by atoms with van der Waals surface area (Å²) in [6.07, 6.45) is 1.97. The molecule has 1 saturated heterocycles. The summed E-state index contributed by atoms with van der Waals surface area (Å²) < 4.78 is 24.1. The van der Waals surface area contributed by atoms with E-state index in [2.05, 4.69) is 20.6 Å². The molecule has 210 valence electrons. The van der Waals surface area contributed by atoms with Gasteiger partial charge in [-0.25, -0.2) is 9.97 Å². The zero-order valence-corrected chi connectivity index (χ0v) is 23.3. The lowest BCUT2D eigenvalue weighted by Gasteiger charge is -2.25. The van der Waals surface area contributed by atoms with E-state index in [0.717, 1.165) is 28.0 Å². The number of furan rings is 1. The van der Waals surface area contributed by atoms with Crippen LogP contribution in [0.2, 0.25) is 0 Å². The lowest BCUT2D eigenvalue weighted by molar-refractivity contribution is -0.158. The third-order valence-corrected chi connectivity index (χ3v) is 7.48. The van der Waals surface area contributed by atoms with E-state index in [-0.39, 0.29) is 30.8 Å². The number of aromatic nitrogens is 4. The number of hydrogen-bond acceptors (Lipinski definition) is 11. The molecular formula is C29H34N6O5. The monoisotopic (exact) mass is 546 g/mol. The fourth-order valence-electron chi connectivity index (χ4n) is 5.71. The molecule has 11 heteroatoms. The molecular weight excluding hydrogens is 512 g/mol. The summed E-state index contributed by atoms with van der Waals surface area (Å²) >= 11 is 0. The largest absolute Gasteiger partial charge is 0.481 e. The minimum Gasteiger partial charge on any atom is -0.481 e. The highest BCUT2D eigenvalue weighted by molar-refractivity contribution is 5.88. The Morgan fingerprint density at radius 2 is 1.90 bits per heavy atom. The zero-order valence-electron chi connectivity index (χ0n) is 23.3. The van der Waals surface area contributed by atoms with Gasteiger partial charge in [-0.3, -0.25) is 4.98 Å². The molecule has 0 bridgehead atoms. The Hall–Kier alpha value is -3.80. The van der Waals surface area contributed by atoms with Crippen LogP contribution in [0.3, 0.4) is 0 Å². The van der Waals surface area contributed by atoms with E-state index in [1.165, 1.54) is 0 Å². The van der Waals surface area contributed by atoms with Crippen LogP contribution in [0.15, 0.2) is 40.9 Å². The molecule has 2 fully saturated rings. The van der Waals surface area contributed by atoms with Gasteiger partial charge < -0.3 is 34.4 Å². The number of aliphatic hydroxyl groups is 1. The van der Waals surface area contributed by atoms with Gasteiger partial charge in [0, 0.05) is 30.2 Å². The maximum absolute atomic E-state index is 10.1. The first-order valence-corrected chi connectivity index (χ1v) is 13.5. The molecule has 4 aromatic heterocycles. The fourth-order valence-corrected chi connectivity index (χ4v) is 5.71. The summed E-state index contributed by atoms with van der Waals surface area (Å²) in [5.74, 6) is 1.41. The molecule has 4 aromatic rings. The molecule has 1 saturated carbocycles. The number of nitrogens with one attached hydrogen (secondary N) is 2. The maximum atomic E-state index is 10.1. The molecule has 5 heterocycles. The van der Waals surface area contributed by atoms with Crippen molar-refractivity contribution in [2.45, 2.75) is 64.7 Å². The van der Waals surface area contributed by atoms with Gasteiger partial charge in [0.2, 0.25) is 11.8 Å². The molecule has 3 N–H and O–H groups in total. The van der Waals surface area contributed by atoms with E-state index >= 15 is 0 Å². The number of pyridine rings is 2. The number of hydrogen-bond donors (Lipinski definition) is 3.